The Morgan fingerprint density at radius 3 is 2.70 bits per heavy atom. The Bertz CT molecular complexity index is 1270. The molecule has 1 fully saturated rings. The summed E-state index contributed by atoms with van der Waals surface area (Å²) in [5, 5.41) is 17.6. The summed E-state index contributed by atoms with van der Waals surface area (Å²) in [5.41, 5.74) is 2.82. The van der Waals surface area contributed by atoms with E-state index < -0.39 is 5.41 Å². The van der Waals surface area contributed by atoms with Gasteiger partial charge in [-0.1, -0.05) is 69.9 Å². The molecule has 196 valence electrons. The average Bonchev–Trinajstić information content (AvgIpc) is 3.58. The zero-order valence-corrected chi connectivity index (χ0v) is 22.1. The third kappa shape index (κ3) is 5.20. The van der Waals surface area contributed by atoms with Gasteiger partial charge in [0.2, 0.25) is 0 Å². The van der Waals surface area contributed by atoms with Crippen molar-refractivity contribution in [3.8, 4) is 11.4 Å². The van der Waals surface area contributed by atoms with Crippen LogP contribution in [0.5, 0.6) is 0 Å². The highest BCUT2D eigenvalue weighted by Crippen LogP contribution is 2.37. The van der Waals surface area contributed by atoms with Crippen molar-refractivity contribution in [2.75, 3.05) is 0 Å². The minimum atomic E-state index is -0.471. The molecule has 1 aromatic carbocycles. The van der Waals surface area contributed by atoms with Crippen LogP contribution in [0.2, 0.25) is 0 Å². The van der Waals surface area contributed by atoms with E-state index in [-0.39, 0.29) is 5.69 Å². The van der Waals surface area contributed by atoms with Crippen molar-refractivity contribution in [2.45, 2.75) is 89.6 Å². The summed E-state index contributed by atoms with van der Waals surface area (Å²) in [5.74, 6) is 1.22. The largest absolute Gasteiger partial charge is 0.368 e. The molecule has 3 aromatic rings. The second kappa shape index (κ2) is 11.3. The van der Waals surface area contributed by atoms with Crippen molar-refractivity contribution in [1.82, 2.24) is 35.1 Å². The Balaban J connectivity index is 1.56. The molecular formula is C29H39N7O. The molecular weight excluding hydrogens is 462 g/mol. The standard InChI is InChI=1S/C29H39N7O/c1-3-5-13-25-20-35(26-14-7-6-10-22(26)9-4-2)28(37)36(25)21-29(15-17-30-18-16-29)24-12-8-11-23(19-24)27-31-33-34-32-27/h8,11-12,15-20,22,26,30H,3-7,9-10,13-14,21H2,1-2H3,(H,31,32,33,34). The summed E-state index contributed by atoms with van der Waals surface area (Å²) in [6.45, 7) is 5.02. The van der Waals surface area contributed by atoms with Gasteiger partial charge in [0.05, 0.1) is 5.41 Å². The van der Waals surface area contributed by atoms with Crippen molar-refractivity contribution in [3.63, 3.8) is 0 Å². The second-order valence-corrected chi connectivity index (χ2v) is 10.6. The van der Waals surface area contributed by atoms with Crippen molar-refractivity contribution >= 4 is 0 Å². The van der Waals surface area contributed by atoms with Gasteiger partial charge in [0.15, 0.2) is 5.82 Å². The number of aromatic nitrogens is 6. The van der Waals surface area contributed by atoms with Gasteiger partial charge in [0, 0.05) is 30.0 Å². The van der Waals surface area contributed by atoms with Crippen LogP contribution in [0, 0.1) is 5.92 Å². The Kier molecular flexibility index (Phi) is 7.72. The molecule has 2 N–H and O–H groups in total. The Hall–Kier alpha value is -3.42. The van der Waals surface area contributed by atoms with Crippen LogP contribution in [0.4, 0.5) is 0 Å². The van der Waals surface area contributed by atoms with Crippen molar-refractivity contribution in [1.29, 1.82) is 0 Å². The van der Waals surface area contributed by atoms with Crippen molar-refractivity contribution in [2.24, 2.45) is 5.92 Å². The van der Waals surface area contributed by atoms with Crippen LogP contribution in [0.15, 0.2) is 59.8 Å². The van der Waals surface area contributed by atoms with E-state index in [0.717, 1.165) is 42.5 Å². The normalized spacial score (nSPS) is 20.7. The van der Waals surface area contributed by atoms with Gasteiger partial charge in [-0.15, -0.1) is 5.10 Å². The average molecular weight is 502 g/mol. The first-order valence-corrected chi connectivity index (χ1v) is 13.9. The van der Waals surface area contributed by atoms with Crippen LogP contribution in [0.1, 0.15) is 82.5 Å². The number of aryl methyl sites for hydroxylation is 1. The number of unbranched alkanes of at least 4 members (excludes halogenated alkanes) is 1. The fraction of sp³-hybridized carbons (Fsp3) is 0.517. The van der Waals surface area contributed by atoms with Gasteiger partial charge in [-0.2, -0.15) is 0 Å². The third-order valence-electron chi connectivity index (χ3n) is 8.15. The van der Waals surface area contributed by atoms with Crippen LogP contribution < -0.4 is 11.0 Å². The maximum absolute atomic E-state index is 14.1. The summed E-state index contributed by atoms with van der Waals surface area (Å²) in [7, 11) is 0. The number of aromatic amines is 1. The summed E-state index contributed by atoms with van der Waals surface area (Å²) >= 11 is 0. The highest BCUT2D eigenvalue weighted by molar-refractivity contribution is 5.57. The molecule has 3 heterocycles. The summed E-state index contributed by atoms with van der Waals surface area (Å²) < 4.78 is 4.15. The summed E-state index contributed by atoms with van der Waals surface area (Å²) in [6, 6.07) is 8.58. The molecule has 0 radical (unpaired) electrons. The van der Waals surface area contributed by atoms with Gasteiger partial charge in [-0.3, -0.25) is 9.13 Å². The zero-order chi connectivity index (χ0) is 25.7. The molecule has 2 aromatic heterocycles. The lowest BCUT2D eigenvalue weighted by atomic mass is 9.78. The van der Waals surface area contributed by atoms with E-state index in [1.165, 1.54) is 32.1 Å². The van der Waals surface area contributed by atoms with E-state index in [1.54, 1.807) is 0 Å². The van der Waals surface area contributed by atoms with Gasteiger partial charge in [-0.05, 0) is 72.5 Å². The predicted octanol–water partition coefficient (Wildman–Crippen LogP) is 5.27. The number of hydrogen-bond acceptors (Lipinski definition) is 5. The SMILES string of the molecule is CCCCc1cn(C2CCCCC2CCC)c(=O)n1CC1(c2cccc(-c3nnn[nH]3)c2)C=CNC=C1. The molecule has 2 atom stereocenters. The highest BCUT2D eigenvalue weighted by atomic mass is 16.1. The lowest BCUT2D eigenvalue weighted by Gasteiger charge is -2.32. The minimum Gasteiger partial charge on any atom is -0.368 e. The number of imidazole rings is 1. The fourth-order valence-electron chi connectivity index (χ4n) is 6.17. The predicted molar refractivity (Wildman–Crippen MR) is 146 cm³/mol. The number of nitrogens with one attached hydrogen (secondary N) is 2. The van der Waals surface area contributed by atoms with E-state index in [2.05, 4.69) is 79.4 Å². The van der Waals surface area contributed by atoms with E-state index in [1.807, 2.05) is 24.5 Å². The van der Waals surface area contributed by atoms with Crippen LogP contribution >= 0.6 is 0 Å². The van der Waals surface area contributed by atoms with Gasteiger partial charge >= 0.3 is 5.69 Å². The zero-order valence-electron chi connectivity index (χ0n) is 22.1. The number of dihydropyridines is 1. The number of benzene rings is 1. The number of nitrogens with zero attached hydrogens (tertiary/aromatic N) is 5. The number of rotatable bonds is 10. The van der Waals surface area contributed by atoms with E-state index in [9.17, 15) is 4.79 Å². The molecule has 0 bridgehead atoms. The Morgan fingerprint density at radius 2 is 1.95 bits per heavy atom. The number of H-pyrrole nitrogens is 1. The lowest BCUT2D eigenvalue weighted by Crippen LogP contribution is -2.38. The van der Waals surface area contributed by atoms with Crippen LogP contribution in [-0.4, -0.2) is 29.8 Å². The van der Waals surface area contributed by atoms with E-state index in [4.69, 9.17) is 0 Å². The van der Waals surface area contributed by atoms with Crippen molar-refractivity contribution < 1.29 is 0 Å². The first kappa shape index (κ1) is 25.2. The first-order chi connectivity index (χ1) is 18.1. The second-order valence-electron chi connectivity index (χ2n) is 10.6. The summed E-state index contributed by atoms with van der Waals surface area (Å²) in [4.78, 5) is 14.1. The number of allylic oxidation sites excluding steroid dienone is 2. The molecule has 0 amide bonds. The Morgan fingerprint density at radius 1 is 1.11 bits per heavy atom. The molecule has 2 unspecified atom stereocenters. The summed E-state index contributed by atoms with van der Waals surface area (Å²) in [6.07, 6.45) is 20.7. The maximum atomic E-state index is 14.1. The van der Waals surface area contributed by atoms with Gasteiger partial charge in [0.1, 0.15) is 0 Å². The molecule has 2 aliphatic rings. The molecule has 8 nitrogen and oxygen atoms in total. The van der Waals surface area contributed by atoms with Crippen LogP contribution in [0.3, 0.4) is 0 Å². The van der Waals surface area contributed by atoms with E-state index in [0.29, 0.717) is 24.3 Å². The minimum absolute atomic E-state index is 0.134. The van der Waals surface area contributed by atoms with E-state index >= 15 is 0 Å². The first-order valence-electron chi connectivity index (χ1n) is 13.9. The van der Waals surface area contributed by atoms with Crippen LogP contribution in [-0.2, 0) is 18.4 Å². The number of tetrazole rings is 1. The van der Waals surface area contributed by atoms with Crippen LogP contribution in [0.25, 0.3) is 11.4 Å². The fourth-order valence-corrected chi connectivity index (χ4v) is 6.17. The van der Waals surface area contributed by atoms with Gasteiger partial charge in [0.25, 0.3) is 0 Å². The molecule has 37 heavy (non-hydrogen) atoms. The molecule has 0 spiro atoms. The van der Waals surface area contributed by atoms with Gasteiger partial charge < -0.3 is 5.32 Å². The molecule has 1 aliphatic heterocycles. The topological polar surface area (TPSA) is 93.4 Å². The van der Waals surface area contributed by atoms with Gasteiger partial charge in [-0.25, -0.2) is 9.89 Å². The Labute approximate surface area is 218 Å². The molecule has 1 saturated carbocycles. The van der Waals surface area contributed by atoms with Crippen molar-refractivity contribution in [3.05, 3.63) is 76.8 Å². The third-order valence-corrected chi connectivity index (χ3v) is 8.15. The lowest BCUT2D eigenvalue weighted by molar-refractivity contribution is 0.219. The maximum Gasteiger partial charge on any atom is 0.328 e. The number of hydrogen-bond donors (Lipinski definition) is 2. The molecule has 1 aliphatic carbocycles. The quantitative estimate of drug-likeness (QED) is 0.395. The molecule has 8 heteroatoms. The monoisotopic (exact) mass is 501 g/mol. The molecule has 0 saturated heterocycles. The smallest absolute Gasteiger partial charge is 0.328 e. The highest BCUT2D eigenvalue weighted by Gasteiger charge is 2.33. The molecule has 5 rings (SSSR count).